The number of aliphatic hydroxyl groups excluding tert-OH is 1. The summed E-state index contributed by atoms with van der Waals surface area (Å²) in [6, 6.07) is 3.91. The normalized spacial score (nSPS) is 13.3. The van der Waals surface area contributed by atoms with Gasteiger partial charge in [0, 0.05) is 5.69 Å². The summed E-state index contributed by atoms with van der Waals surface area (Å²) in [7, 11) is 0. The molecule has 0 saturated carbocycles. The summed E-state index contributed by atoms with van der Waals surface area (Å²) in [6.45, 7) is 17.2. The van der Waals surface area contributed by atoms with Crippen molar-refractivity contribution in [3.63, 3.8) is 0 Å². The quantitative estimate of drug-likeness (QED) is 0.453. The molecule has 0 aliphatic carbocycles. The average Bonchev–Trinajstić information content (AvgIpc) is 2.63. The zero-order valence-corrected chi connectivity index (χ0v) is 19.2. The average molecular weight is 392 g/mol. The summed E-state index contributed by atoms with van der Waals surface area (Å²) in [5.74, 6) is 0.474. The molecule has 2 N–H and O–H groups in total. The van der Waals surface area contributed by atoms with Gasteiger partial charge in [0.25, 0.3) is 5.91 Å². The SMILES string of the molecule is CCC(C)(C)CCCCOc1cc(C)c(NC(=O)C(O)C(C)(C)CC)c(C)c1. The lowest BCUT2D eigenvalue weighted by molar-refractivity contribution is -0.129. The van der Waals surface area contributed by atoms with Crippen molar-refractivity contribution in [3.8, 4) is 5.75 Å². The largest absolute Gasteiger partial charge is 0.494 e. The van der Waals surface area contributed by atoms with Gasteiger partial charge in [-0.1, -0.05) is 48.0 Å². The Hall–Kier alpha value is -1.55. The lowest BCUT2D eigenvalue weighted by atomic mass is 9.83. The van der Waals surface area contributed by atoms with Crippen molar-refractivity contribution in [2.45, 2.75) is 93.6 Å². The van der Waals surface area contributed by atoms with Gasteiger partial charge in [-0.15, -0.1) is 0 Å². The number of unbranched alkanes of at least 4 members (excludes halogenated alkanes) is 1. The van der Waals surface area contributed by atoms with Gasteiger partial charge in [-0.3, -0.25) is 4.79 Å². The van der Waals surface area contributed by atoms with E-state index in [2.05, 4.69) is 26.1 Å². The molecule has 1 rings (SSSR count). The predicted molar refractivity (Wildman–Crippen MR) is 118 cm³/mol. The number of hydrogen-bond acceptors (Lipinski definition) is 3. The molecule has 28 heavy (non-hydrogen) atoms. The van der Waals surface area contributed by atoms with Crippen LogP contribution in [0.3, 0.4) is 0 Å². The second-order valence-corrected chi connectivity index (χ2v) is 9.49. The number of rotatable bonds is 11. The Labute approximate surface area is 172 Å². The van der Waals surface area contributed by atoms with E-state index in [1.165, 1.54) is 12.8 Å². The van der Waals surface area contributed by atoms with Crippen molar-refractivity contribution in [1.82, 2.24) is 0 Å². The van der Waals surface area contributed by atoms with Gasteiger partial charge in [0.2, 0.25) is 0 Å². The van der Waals surface area contributed by atoms with Crippen LogP contribution in [0.4, 0.5) is 5.69 Å². The molecule has 0 aliphatic rings. The van der Waals surface area contributed by atoms with Crippen LogP contribution in [0.5, 0.6) is 5.75 Å². The molecule has 4 nitrogen and oxygen atoms in total. The summed E-state index contributed by atoms with van der Waals surface area (Å²) in [4.78, 5) is 12.5. The Balaban J connectivity index is 2.66. The molecule has 0 saturated heterocycles. The number of aliphatic hydroxyl groups is 1. The van der Waals surface area contributed by atoms with E-state index < -0.39 is 11.5 Å². The highest BCUT2D eigenvalue weighted by Crippen LogP contribution is 2.30. The molecular weight excluding hydrogens is 350 g/mol. The van der Waals surface area contributed by atoms with E-state index >= 15 is 0 Å². The number of ether oxygens (including phenoxy) is 1. The smallest absolute Gasteiger partial charge is 0.253 e. The zero-order valence-electron chi connectivity index (χ0n) is 19.2. The molecule has 0 spiro atoms. The van der Waals surface area contributed by atoms with E-state index in [0.29, 0.717) is 12.0 Å². The molecular formula is C24H41NO3. The van der Waals surface area contributed by atoms with Crippen LogP contribution in [0.15, 0.2) is 12.1 Å². The van der Waals surface area contributed by atoms with E-state index in [4.69, 9.17) is 4.74 Å². The van der Waals surface area contributed by atoms with Crippen LogP contribution >= 0.6 is 0 Å². The van der Waals surface area contributed by atoms with Gasteiger partial charge in [0.1, 0.15) is 11.9 Å². The highest BCUT2D eigenvalue weighted by Gasteiger charge is 2.32. The first-order valence-corrected chi connectivity index (χ1v) is 10.7. The summed E-state index contributed by atoms with van der Waals surface area (Å²) in [5.41, 5.74) is 2.59. The fourth-order valence-corrected chi connectivity index (χ4v) is 3.02. The van der Waals surface area contributed by atoms with Gasteiger partial charge in [0.15, 0.2) is 0 Å². The Morgan fingerprint density at radius 2 is 1.64 bits per heavy atom. The van der Waals surface area contributed by atoms with Crippen LogP contribution in [-0.4, -0.2) is 23.7 Å². The maximum absolute atomic E-state index is 12.5. The summed E-state index contributed by atoms with van der Waals surface area (Å²) in [5, 5.41) is 13.2. The summed E-state index contributed by atoms with van der Waals surface area (Å²) >= 11 is 0. The third kappa shape index (κ3) is 7.12. The minimum Gasteiger partial charge on any atom is -0.494 e. The molecule has 1 amide bonds. The van der Waals surface area contributed by atoms with Crippen LogP contribution in [0.25, 0.3) is 0 Å². The van der Waals surface area contributed by atoms with Crippen molar-refractivity contribution in [3.05, 3.63) is 23.3 Å². The molecule has 4 heteroatoms. The molecule has 0 aromatic heterocycles. The van der Waals surface area contributed by atoms with Gasteiger partial charge in [0.05, 0.1) is 6.61 Å². The molecule has 1 aromatic rings. The molecule has 1 unspecified atom stereocenters. The first-order chi connectivity index (χ1) is 12.9. The maximum atomic E-state index is 12.5. The van der Waals surface area contributed by atoms with Gasteiger partial charge in [-0.25, -0.2) is 0 Å². The molecule has 0 radical (unpaired) electrons. The molecule has 0 heterocycles. The number of benzene rings is 1. The molecule has 0 aliphatic heterocycles. The zero-order chi connectivity index (χ0) is 21.5. The number of carbonyl (C=O) groups is 1. The minimum atomic E-state index is -1.04. The summed E-state index contributed by atoms with van der Waals surface area (Å²) in [6.07, 6.45) is 4.30. The number of anilines is 1. The van der Waals surface area contributed by atoms with Gasteiger partial charge < -0.3 is 15.2 Å². The van der Waals surface area contributed by atoms with Gasteiger partial charge >= 0.3 is 0 Å². The van der Waals surface area contributed by atoms with Crippen molar-refractivity contribution >= 4 is 11.6 Å². The Morgan fingerprint density at radius 1 is 1.07 bits per heavy atom. The second-order valence-electron chi connectivity index (χ2n) is 9.49. The lowest BCUT2D eigenvalue weighted by Gasteiger charge is -2.28. The van der Waals surface area contributed by atoms with Gasteiger partial charge in [-0.2, -0.15) is 0 Å². The fourth-order valence-electron chi connectivity index (χ4n) is 3.02. The standard InChI is InChI=1S/C24H41NO3/c1-9-23(5,6)13-11-12-14-28-19-15-17(3)20(18(4)16-19)25-22(27)21(26)24(7,8)10-2/h15-16,21,26H,9-14H2,1-8H3,(H,25,27). The Kier molecular flexibility index (Phi) is 9.00. The topological polar surface area (TPSA) is 58.6 Å². The molecule has 160 valence electrons. The molecule has 0 fully saturated rings. The van der Waals surface area contributed by atoms with Crippen molar-refractivity contribution in [2.75, 3.05) is 11.9 Å². The van der Waals surface area contributed by atoms with E-state index in [0.717, 1.165) is 41.8 Å². The van der Waals surface area contributed by atoms with E-state index in [1.54, 1.807) is 0 Å². The van der Waals surface area contributed by atoms with E-state index in [9.17, 15) is 9.90 Å². The summed E-state index contributed by atoms with van der Waals surface area (Å²) < 4.78 is 5.93. The highest BCUT2D eigenvalue weighted by atomic mass is 16.5. The van der Waals surface area contributed by atoms with E-state index in [-0.39, 0.29) is 5.91 Å². The Bertz CT molecular complexity index is 626. The van der Waals surface area contributed by atoms with Crippen LogP contribution < -0.4 is 10.1 Å². The first-order valence-electron chi connectivity index (χ1n) is 10.7. The highest BCUT2D eigenvalue weighted by molar-refractivity contribution is 5.96. The van der Waals surface area contributed by atoms with Crippen LogP contribution in [-0.2, 0) is 4.79 Å². The molecule has 0 bridgehead atoms. The first kappa shape index (κ1) is 24.5. The molecule has 1 atom stereocenters. The van der Waals surface area contributed by atoms with Crippen LogP contribution in [0.2, 0.25) is 0 Å². The van der Waals surface area contributed by atoms with Crippen molar-refractivity contribution in [1.29, 1.82) is 0 Å². The number of amides is 1. The number of nitrogens with one attached hydrogen (secondary N) is 1. The van der Waals surface area contributed by atoms with Crippen molar-refractivity contribution in [2.24, 2.45) is 10.8 Å². The van der Waals surface area contributed by atoms with Crippen molar-refractivity contribution < 1.29 is 14.6 Å². The number of carbonyl (C=O) groups excluding carboxylic acids is 1. The van der Waals surface area contributed by atoms with Crippen LogP contribution in [0, 0.1) is 24.7 Å². The molecule has 1 aromatic carbocycles. The number of aryl methyl sites for hydroxylation is 2. The van der Waals surface area contributed by atoms with E-state index in [1.807, 2.05) is 46.8 Å². The second kappa shape index (κ2) is 10.3. The Morgan fingerprint density at radius 3 is 2.14 bits per heavy atom. The number of hydrogen-bond donors (Lipinski definition) is 2. The van der Waals surface area contributed by atoms with Crippen LogP contribution in [0.1, 0.15) is 84.8 Å². The fraction of sp³-hybridized carbons (Fsp3) is 0.708. The van der Waals surface area contributed by atoms with Gasteiger partial charge in [-0.05, 0) is 73.6 Å². The lowest BCUT2D eigenvalue weighted by Crippen LogP contribution is -2.40. The minimum absolute atomic E-state index is 0.356. The third-order valence-corrected chi connectivity index (χ3v) is 6.13. The maximum Gasteiger partial charge on any atom is 0.253 e. The third-order valence-electron chi connectivity index (χ3n) is 6.13. The predicted octanol–water partition coefficient (Wildman–Crippen LogP) is 6.02. The monoisotopic (exact) mass is 391 g/mol.